The first-order valence-corrected chi connectivity index (χ1v) is 8.29. The number of nitrogens with one attached hydrogen (secondary N) is 1. The fourth-order valence-corrected chi connectivity index (χ4v) is 3.66. The molecular weight excluding hydrogens is 320 g/mol. The molecule has 2 fully saturated rings. The molecule has 3 rings (SSSR count). The van der Waals surface area contributed by atoms with Crippen LogP contribution in [0.5, 0.6) is 0 Å². The second-order valence-corrected chi connectivity index (χ2v) is 6.60. The van der Waals surface area contributed by atoms with Crippen molar-refractivity contribution in [3.05, 3.63) is 35.4 Å². The zero-order valence-corrected chi connectivity index (χ0v) is 14.2. The fourth-order valence-electron chi connectivity index (χ4n) is 3.66. The van der Waals surface area contributed by atoms with E-state index < -0.39 is 6.04 Å². The lowest BCUT2D eigenvalue weighted by molar-refractivity contribution is -0.141. The summed E-state index contributed by atoms with van der Waals surface area (Å²) in [4.78, 5) is 40.1. The first kappa shape index (κ1) is 17.0. The molecule has 0 aliphatic carbocycles. The summed E-state index contributed by atoms with van der Waals surface area (Å²) in [6.45, 7) is 4.09. The van der Waals surface area contributed by atoms with Crippen molar-refractivity contribution in [3.8, 4) is 6.07 Å². The van der Waals surface area contributed by atoms with E-state index in [-0.39, 0.29) is 29.8 Å². The Morgan fingerprint density at radius 1 is 1.32 bits per heavy atom. The smallest absolute Gasteiger partial charge is 0.254 e. The lowest BCUT2D eigenvalue weighted by Crippen LogP contribution is -2.60. The van der Waals surface area contributed by atoms with Gasteiger partial charge < -0.3 is 15.1 Å². The minimum atomic E-state index is -0.564. The molecule has 0 radical (unpaired) electrons. The molecule has 1 aromatic carbocycles. The van der Waals surface area contributed by atoms with Gasteiger partial charge in [0.1, 0.15) is 6.04 Å². The number of hydrogen-bond donors (Lipinski definition) is 1. The molecule has 1 aromatic rings. The summed E-state index contributed by atoms with van der Waals surface area (Å²) in [7, 11) is 0. The third-order valence-electron chi connectivity index (χ3n) is 4.84. The molecular formula is C18H20N4O3. The quantitative estimate of drug-likeness (QED) is 0.849. The maximum Gasteiger partial charge on any atom is 0.254 e. The minimum Gasteiger partial charge on any atom is -0.352 e. The summed E-state index contributed by atoms with van der Waals surface area (Å²) in [5.74, 6) is -0.471. The molecule has 1 N–H and O–H groups in total. The van der Waals surface area contributed by atoms with Crippen LogP contribution in [0.25, 0.3) is 0 Å². The van der Waals surface area contributed by atoms with E-state index in [1.807, 2.05) is 6.07 Å². The van der Waals surface area contributed by atoms with Crippen LogP contribution in [-0.4, -0.2) is 58.7 Å². The lowest BCUT2D eigenvalue weighted by Gasteiger charge is -2.41. The first-order valence-electron chi connectivity index (χ1n) is 8.29. The number of piperazine rings is 1. The van der Waals surface area contributed by atoms with Crippen LogP contribution in [0, 0.1) is 11.3 Å². The van der Waals surface area contributed by atoms with Crippen LogP contribution in [0.1, 0.15) is 36.2 Å². The number of nitrogens with zero attached hydrogens (tertiary/aromatic N) is 3. The molecule has 130 valence electrons. The minimum absolute atomic E-state index is 0.0735. The fraction of sp³-hybridized carbons (Fsp3) is 0.444. The Bertz CT molecular complexity index is 770. The molecule has 0 unspecified atom stereocenters. The van der Waals surface area contributed by atoms with Gasteiger partial charge in [-0.2, -0.15) is 5.26 Å². The molecule has 3 atom stereocenters. The highest BCUT2D eigenvalue weighted by Gasteiger charge is 2.45. The van der Waals surface area contributed by atoms with Crippen molar-refractivity contribution in [2.75, 3.05) is 13.1 Å². The van der Waals surface area contributed by atoms with Crippen molar-refractivity contribution in [1.82, 2.24) is 15.1 Å². The van der Waals surface area contributed by atoms with Gasteiger partial charge in [0.2, 0.25) is 11.8 Å². The van der Waals surface area contributed by atoms with Gasteiger partial charge in [0, 0.05) is 31.6 Å². The van der Waals surface area contributed by atoms with Crippen LogP contribution < -0.4 is 5.32 Å². The van der Waals surface area contributed by atoms with Gasteiger partial charge in [0.05, 0.1) is 17.7 Å². The van der Waals surface area contributed by atoms with Crippen LogP contribution in [0.15, 0.2) is 24.3 Å². The standard InChI is InChI=1S/C18H20N4O3/c1-11-17(24)22-9-15(20-12(2)23)7-16(22)10-21(11)18(25)14-5-3-4-13(6-14)8-19/h3-6,11,15-16H,7,9-10H2,1-2H3,(H,20,23)/t11-,15-,16-/m0/s1. The Morgan fingerprint density at radius 3 is 2.76 bits per heavy atom. The van der Waals surface area contributed by atoms with E-state index in [0.717, 1.165) is 0 Å². The summed E-state index contributed by atoms with van der Waals surface area (Å²) >= 11 is 0. The third kappa shape index (κ3) is 3.20. The van der Waals surface area contributed by atoms with E-state index in [1.165, 1.54) is 6.92 Å². The van der Waals surface area contributed by atoms with E-state index in [0.29, 0.717) is 30.6 Å². The number of rotatable bonds is 2. The zero-order valence-electron chi connectivity index (χ0n) is 14.2. The molecule has 0 spiro atoms. The van der Waals surface area contributed by atoms with Crippen molar-refractivity contribution in [1.29, 1.82) is 5.26 Å². The van der Waals surface area contributed by atoms with Crippen LogP contribution >= 0.6 is 0 Å². The molecule has 2 heterocycles. The predicted octanol–water partition coefficient (Wildman–Crippen LogP) is 0.508. The Labute approximate surface area is 146 Å². The van der Waals surface area contributed by atoms with E-state index in [1.54, 1.807) is 41.0 Å². The molecule has 3 amide bonds. The largest absolute Gasteiger partial charge is 0.352 e. The maximum atomic E-state index is 12.8. The van der Waals surface area contributed by atoms with Gasteiger partial charge in [0.15, 0.2) is 0 Å². The van der Waals surface area contributed by atoms with Crippen LogP contribution in [0.2, 0.25) is 0 Å². The van der Waals surface area contributed by atoms with E-state index >= 15 is 0 Å². The molecule has 2 aliphatic rings. The summed E-state index contributed by atoms with van der Waals surface area (Å²) < 4.78 is 0. The van der Waals surface area contributed by atoms with Gasteiger partial charge in [-0.1, -0.05) is 6.07 Å². The third-order valence-corrected chi connectivity index (χ3v) is 4.84. The summed E-state index contributed by atoms with van der Waals surface area (Å²) in [6, 6.07) is 7.79. The molecule has 2 saturated heterocycles. The van der Waals surface area contributed by atoms with E-state index in [9.17, 15) is 14.4 Å². The lowest BCUT2D eigenvalue weighted by atomic mass is 10.0. The van der Waals surface area contributed by atoms with Gasteiger partial charge in [-0.05, 0) is 31.5 Å². The Morgan fingerprint density at radius 2 is 2.08 bits per heavy atom. The molecule has 7 heteroatoms. The second-order valence-electron chi connectivity index (χ2n) is 6.60. The Kier molecular flexibility index (Phi) is 4.45. The van der Waals surface area contributed by atoms with Crippen LogP contribution in [0.3, 0.4) is 0 Å². The van der Waals surface area contributed by atoms with E-state index in [2.05, 4.69) is 5.32 Å². The van der Waals surface area contributed by atoms with Crippen LogP contribution in [0.4, 0.5) is 0 Å². The average molecular weight is 340 g/mol. The van der Waals surface area contributed by atoms with Crippen molar-refractivity contribution in [2.45, 2.75) is 38.4 Å². The molecule has 0 saturated carbocycles. The SMILES string of the molecule is CC(=O)N[C@H]1C[C@H]2CN(C(=O)c3cccc(C#N)c3)[C@@H](C)C(=O)N2C1. The monoisotopic (exact) mass is 340 g/mol. The number of carbonyl (C=O) groups is 3. The topological polar surface area (TPSA) is 93.5 Å². The Balaban J connectivity index is 1.79. The number of nitriles is 1. The zero-order chi connectivity index (χ0) is 18.1. The molecule has 0 bridgehead atoms. The maximum absolute atomic E-state index is 12.8. The van der Waals surface area contributed by atoms with Gasteiger partial charge >= 0.3 is 0 Å². The highest BCUT2D eigenvalue weighted by molar-refractivity contribution is 5.98. The highest BCUT2D eigenvalue weighted by atomic mass is 16.2. The Hall–Kier alpha value is -2.88. The number of hydrogen-bond acceptors (Lipinski definition) is 4. The molecule has 0 aromatic heterocycles. The molecule has 25 heavy (non-hydrogen) atoms. The summed E-state index contributed by atoms with van der Waals surface area (Å²) in [5, 5.41) is 11.9. The van der Waals surface area contributed by atoms with Crippen molar-refractivity contribution < 1.29 is 14.4 Å². The first-order chi connectivity index (χ1) is 11.9. The van der Waals surface area contributed by atoms with Crippen molar-refractivity contribution in [3.63, 3.8) is 0 Å². The number of benzene rings is 1. The van der Waals surface area contributed by atoms with Gasteiger partial charge in [-0.3, -0.25) is 14.4 Å². The second kappa shape index (κ2) is 6.55. The summed E-state index contributed by atoms with van der Waals surface area (Å²) in [5.41, 5.74) is 0.818. The van der Waals surface area contributed by atoms with Crippen molar-refractivity contribution >= 4 is 17.7 Å². The number of amides is 3. The highest BCUT2D eigenvalue weighted by Crippen LogP contribution is 2.27. The number of fused-ring (bicyclic) bond motifs is 1. The summed E-state index contributed by atoms with van der Waals surface area (Å²) in [6.07, 6.45) is 0.639. The predicted molar refractivity (Wildman–Crippen MR) is 89.4 cm³/mol. The number of carbonyl (C=O) groups excluding carboxylic acids is 3. The van der Waals surface area contributed by atoms with E-state index in [4.69, 9.17) is 5.26 Å². The average Bonchev–Trinajstić information content (AvgIpc) is 2.99. The van der Waals surface area contributed by atoms with Crippen molar-refractivity contribution in [2.24, 2.45) is 0 Å². The molecule has 7 nitrogen and oxygen atoms in total. The van der Waals surface area contributed by atoms with Gasteiger partial charge in [0.25, 0.3) is 5.91 Å². The molecule has 2 aliphatic heterocycles. The van der Waals surface area contributed by atoms with Gasteiger partial charge in [-0.15, -0.1) is 0 Å². The van der Waals surface area contributed by atoms with Gasteiger partial charge in [-0.25, -0.2) is 0 Å². The normalized spacial score (nSPS) is 25.3. The van der Waals surface area contributed by atoms with Crippen LogP contribution in [-0.2, 0) is 9.59 Å².